The van der Waals surface area contributed by atoms with E-state index < -0.39 is 5.97 Å². The van der Waals surface area contributed by atoms with E-state index in [2.05, 4.69) is 32.1 Å². The Hall–Kier alpha value is -3.29. The molecule has 8 heteroatoms. The fourth-order valence-electron chi connectivity index (χ4n) is 4.06. The van der Waals surface area contributed by atoms with Gasteiger partial charge in [0.1, 0.15) is 11.9 Å². The molecule has 0 bridgehead atoms. The average Bonchev–Trinajstić information content (AvgIpc) is 3.28. The fourth-order valence-corrected chi connectivity index (χ4v) is 4.06. The van der Waals surface area contributed by atoms with E-state index in [1.54, 1.807) is 12.4 Å². The minimum atomic E-state index is -0.717. The van der Waals surface area contributed by atoms with E-state index in [1.807, 2.05) is 24.3 Å². The van der Waals surface area contributed by atoms with Crippen molar-refractivity contribution in [1.82, 2.24) is 25.1 Å². The van der Waals surface area contributed by atoms with Crippen molar-refractivity contribution >= 4 is 5.97 Å². The van der Waals surface area contributed by atoms with Gasteiger partial charge in [-0.1, -0.05) is 13.3 Å². The number of nitrogens with zero attached hydrogens (tertiary/aromatic N) is 4. The number of pyridine rings is 2. The zero-order chi connectivity index (χ0) is 22.3. The second-order valence-corrected chi connectivity index (χ2v) is 8.40. The Labute approximate surface area is 187 Å². The molecule has 1 aliphatic rings. The quantitative estimate of drug-likeness (QED) is 0.501. The molecule has 1 fully saturated rings. The van der Waals surface area contributed by atoms with Crippen LogP contribution in [0, 0.1) is 5.92 Å². The summed E-state index contributed by atoms with van der Waals surface area (Å²) in [4.78, 5) is 23.1. The van der Waals surface area contributed by atoms with Gasteiger partial charge in [0.15, 0.2) is 5.82 Å². The first-order valence-corrected chi connectivity index (χ1v) is 11.3. The molecule has 1 aliphatic carbocycles. The zero-order valence-electron chi connectivity index (χ0n) is 18.3. The van der Waals surface area contributed by atoms with Crippen LogP contribution in [0.4, 0.5) is 0 Å². The zero-order valence-corrected chi connectivity index (χ0v) is 18.3. The van der Waals surface area contributed by atoms with Crippen molar-refractivity contribution in [3.63, 3.8) is 0 Å². The van der Waals surface area contributed by atoms with Crippen LogP contribution in [0.25, 0.3) is 22.6 Å². The fraction of sp³-hybridized carbons (Fsp3) is 0.458. The van der Waals surface area contributed by atoms with E-state index in [0.717, 1.165) is 73.4 Å². The van der Waals surface area contributed by atoms with Gasteiger partial charge in [-0.2, -0.15) is 0 Å². The number of aromatic nitrogens is 5. The number of carbonyl (C=O) groups is 1. The van der Waals surface area contributed by atoms with Crippen LogP contribution in [-0.4, -0.2) is 42.3 Å². The number of aromatic amines is 1. The van der Waals surface area contributed by atoms with Gasteiger partial charge in [0.2, 0.25) is 5.88 Å². The number of carboxylic acids is 1. The van der Waals surface area contributed by atoms with Crippen molar-refractivity contribution in [2.24, 2.45) is 5.92 Å². The Morgan fingerprint density at radius 1 is 1.06 bits per heavy atom. The standard InChI is InChI=1S/C24H29N5O3/c1-2-3-4-21-27-24(29-28-21)18-7-11-20(25-15-18)17-8-12-22(26-14-17)32-19-9-5-16(6-10-19)13-23(30)31/h7-8,11-12,14-16,19H,2-6,9-10,13H2,1H3,(H,30,31)(H,27,28,29)/t16-,19+. The number of hydrogen-bond acceptors (Lipinski definition) is 6. The Balaban J connectivity index is 1.33. The third-order valence-corrected chi connectivity index (χ3v) is 5.91. The van der Waals surface area contributed by atoms with E-state index in [9.17, 15) is 4.79 Å². The second-order valence-electron chi connectivity index (χ2n) is 8.40. The number of unbranched alkanes of at least 4 members (excludes halogenated alkanes) is 1. The number of aliphatic carboxylic acids is 1. The van der Waals surface area contributed by atoms with Gasteiger partial charge >= 0.3 is 5.97 Å². The number of rotatable bonds is 9. The Bertz CT molecular complexity index is 1010. The van der Waals surface area contributed by atoms with E-state index in [-0.39, 0.29) is 18.4 Å². The maximum atomic E-state index is 10.9. The van der Waals surface area contributed by atoms with Crippen LogP contribution in [0.15, 0.2) is 36.7 Å². The molecule has 1 saturated carbocycles. The molecule has 168 valence electrons. The Kier molecular flexibility index (Phi) is 7.09. The SMILES string of the molecule is CCCCc1nnc(-c2ccc(-c3ccc(O[C@H]4CC[C@@H](CC(=O)O)CC4)nc3)nc2)[nH]1. The molecule has 3 aromatic rings. The van der Waals surface area contributed by atoms with E-state index in [4.69, 9.17) is 9.84 Å². The highest BCUT2D eigenvalue weighted by atomic mass is 16.5. The van der Waals surface area contributed by atoms with Crippen molar-refractivity contribution in [1.29, 1.82) is 0 Å². The summed E-state index contributed by atoms with van der Waals surface area (Å²) in [5, 5.41) is 17.4. The predicted octanol–water partition coefficient (Wildman–Crippen LogP) is 4.68. The van der Waals surface area contributed by atoms with Crippen LogP contribution in [0.5, 0.6) is 5.88 Å². The van der Waals surface area contributed by atoms with E-state index in [1.165, 1.54) is 0 Å². The molecule has 0 aromatic carbocycles. The second kappa shape index (κ2) is 10.3. The van der Waals surface area contributed by atoms with Gasteiger partial charge in [0.25, 0.3) is 0 Å². The van der Waals surface area contributed by atoms with Gasteiger partial charge in [-0.05, 0) is 56.2 Å². The summed E-state index contributed by atoms with van der Waals surface area (Å²) in [5.74, 6) is 1.77. The van der Waals surface area contributed by atoms with Crippen LogP contribution in [0.1, 0.15) is 57.7 Å². The van der Waals surface area contributed by atoms with E-state index in [0.29, 0.717) is 5.88 Å². The summed E-state index contributed by atoms with van der Waals surface area (Å²) in [6.45, 7) is 2.16. The van der Waals surface area contributed by atoms with Crippen LogP contribution in [0.3, 0.4) is 0 Å². The van der Waals surface area contributed by atoms with Gasteiger partial charge in [0, 0.05) is 42.4 Å². The van der Waals surface area contributed by atoms with Crippen molar-refractivity contribution < 1.29 is 14.6 Å². The first-order valence-electron chi connectivity index (χ1n) is 11.3. The largest absolute Gasteiger partial charge is 0.481 e. The molecule has 0 atom stereocenters. The molecule has 0 unspecified atom stereocenters. The average molecular weight is 436 g/mol. The highest BCUT2D eigenvalue weighted by Crippen LogP contribution is 2.29. The summed E-state index contributed by atoms with van der Waals surface area (Å²) < 4.78 is 6.01. The van der Waals surface area contributed by atoms with Crippen LogP contribution in [0.2, 0.25) is 0 Å². The monoisotopic (exact) mass is 435 g/mol. The lowest BCUT2D eigenvalue weighted by Gasteiger charge is -2.27. The molecule has 0 spiro atoms. The summed E-state index contributed by atoms with van der Waals surface area (Å²) in [7, 11) is 0. The molecular weight excluding hydrogens is 406 g/mol. The van der Waals surface area contributed by atoms with Gasteiger partial charge in [-0.25, -0.2) is 4.98 Å². The van der Waals surface area contributed by atoms with Crippen LogP contribution in [-0.2, 0) is 11.2 Å². The third kappa shape index (κ3) is 5.69. The summed E-state index contributed by atoms with van der Waals surface area (Å²) >= 11 is 0. The first-order chi connectivity index (χ1) is 15.6. The van der Waals surface area contributed by atoms with Crippen molar-refractivity contribution in [3.05, 3.63) is 42.5 Å². The van der Waals surface area contributed by atoms with Crippen LogP contribution >= 0.6 is 0 Å². The maximum absolute atomic E-state index is 10.9. The summed E-state index contributed by atoms with van der Waals surface area (Å²) in [6.07, 6.45) is 10.5. The van der Waals surface area contributed by atoms with Crippen molar-refractivity contribution in [2.45, 2.75) is 64.4 Å². The highest BCUT2D eigenvalue weighted by Gasteiger charge is 2.24. The van der Waals surface area contributed by atoms with E-state index >= 15 is 0 Å². The Morgan fingerprint density at radius 2 is 1.84 bits per heavy atom. The number of aryl methyl sites for hydroxylation is 1. The molecule has 32 heavy (non-hydrogen) atoms. The normalized spacial score (nSPS) is 18.4. The lowest BCUT2D eigenvalue weighted by atomic mass is 9.85. The molecule has 0 aliphatic heterocycles. The number of carboxylic acid groups (broad SMARTS) is 1. The van der Waals surface area contributed by atoms with Crippen molar-refractivity contribution in [2.75, 3.05) is 0 Å². The number of ether oxygens (including phenoxy) is 1. The van der Waals surface area contributed by atoms with Crippen molar-refractivity contribution in [3.8, 4) is 28.5 Å². The molecular formula is C24H29N5O3. The molecule has 0 amide bonds. The Morgan fingerprint density at radius 3 is 2.50 bits per heavy atom. The lowest BCUT2D eigenvalue weighted by Crippen LogP contribution is -2.25. The lowest BCUT2D eigenvalue weighted by molar-refractivity contribution is -0.138. The molecule has 3 aromatic heterocycles. The smallest absolute Gasteiger partial charge is 0.303 e. The number of nitrogens with one attached hydrogen (secondary N) is 1. The summed E-state index contributed by atoms with van der Waals surface area (Å²) in [5.41, 5.74) is 2.64. The van der Waals surface area contributed by atoms with Gasteiger partial charge in [0.05, 0.1) is 5.69 Å². The topological polar surface area (TPSA) is 114 Å². The van der Waals surface area contributed by atoms with Crippen LogP contribution < -0.4 is 4.74 Å². The van der Waals surface area contributed by atoms with Gasteiger partial charge < -0.3 is 14.8 Å². The van der Waals surface area contributed by atoms with Gasteiger partial charge in [-0.15, -0.1) is 10.2 Å². The molecule has 3 heterocycles. The molecule has 0 saturated heterocycles. The molecule has 4 rings (SSSR count). The minimum Gasteiger partial charge on any atom is -0.481 e. The third-order valence-electron chi connectivity index (χ3n) is 5.91. The van der Waals surface area contributed by atoms with Gasteiger partial charge in [-0.3, -0.25) is 9.78 Å². The molecule has 2 N–H and O–H groups in total. The number of hydrogen-bond donors (Lipinski definition) is 2. The highest BCUT2D eigenvalue weighted by molar-refractivity contribution is 5.67. The minimum absolute atomic E-state index is 0.0972. The predicted molar refractivity (Wildman–Crippen MR) is 120 cm³/mol. The number of H-pyrrole nitrogens is 1. The maximum Gasteiger partial charge on any atom is 0.303 e. The first kappa shape index (κ1) is 21.9. The summed E-state index contributed by atoms with van der Waals surface area (Å²) in [6, 6.07) is 7.75. The molecule has 0 radical (unpaired) electrons. The molecule has 8 nitrogen and oxygen atoms in total.